The standard InChI is InChI=1S/C24H20F6N2O2/c25-23(26,27)17-3-1-2-16(11-17)22(24(28,29)30)12-20(32-34-22)15-6-8-18-14(10-15)7-9-19(18)31-21(33)13-4-5-13/h1-3,6,8,10-11,13,19H,4-5,7,9,12H2,(H,31,33). The van der Waals surface area contributed by atoms with Crippen molar-refractivity contribution in [2.45, 2.75) is 56.1 Å². The van der Waals surface area contributed by atoms with Crippen LogP contribution in [0.1, 0.15) is 59.5 Å². The van der Waals surface area contributed by atoms with Gasteiger partial charge in [-0.1, -0.05) is 29.4 Å². The maximum atomic E-state index is 14.2. The van der Waals surface area contributed by atoms with E-state index < -0.39 is 35.5 Å². The van der Waals surface area contributed by atoms with Crippen LogP contribution in [0.5, 0.6) is 0 Å². The van der Waals surface area contributed by atoms with Gasteiger partial charge in [-0.2, -0.15) is 26.3 Å². The van der Waals surface area contributed by atoms with Crippen LogP contribution >= 0.6 is 0 Å². The van der Waals surface area contributed by atoms with Crippen LogP contribution in [0, 0.1) is 5.92 Å². The molecule has 1 N–H and O–H groups in total. The summed E-state index contributed by atoms with van der Waals surface area (Å²) in [5, 5.41) is 6.69. The Morgan fingerprint density at radius 2 is 1.79 bits per heavy atom. The van der Waals surface area contributed by atoms with Crippen molar-refractivity contribution in [3.63, 3.8) is 0 Å². The SMILES string of the molecule is O=C(NC1CCc2cc(C3=NOC(c4cccc(C(F)(F)F)c4)(C(F)(F)F)C3)ccc21)C1CC1. The number of rotatable bonds is 4. The van der Waals surface area contributed by atoms with Crippen LogP contribution in [0.3, 0.4) is 0 Å². The number of amides is 1. The average Bonchev–Trinajstić information content (AvgIpc) is 3.40. The Bertz CT molecular complexity index is 1170. The van der Waals surface area contributed by atoms with Gasteiger partial charge in [-0.15, -0.1) is 0 Å². The first kappa shape index (κ1) is 22.7. The second-order valence-corrected chi connectivity index (χ2v) is 9.00. The third-order valence-corrected chi connectivity index (χ3v) is 6.66. The number of alkyl halides is 6. The van der Waals surface area contributed by atoms with Crippen LogP contribution in [0.25, 0.3) is 0 Å². The van der Waals surface area contributed by atoms with Crippen LogP contribution in [0.2, 0.25) is 0 Å². The molecule has 1 amide bonds. The van der Waals surface area contributed by atoms with Crippen molar-refractivity contribution >= 4 is 11.6 Å². The molecule has 0 saturated heterocycles. The van der Waals surface area contributed by atoms with Crippen LogP contribution in [0.4, 0.5) is 26.3 Å². The number of nitrogens with zero attached hydrogens (tertiary/aromatic N) is 1. The van der Waals surface area contributed by atoms with Gasteiger partial charge in [0.2, 0.25) is 5.91 Å². The predicted molar refractivity (Wildman–Crippen MR) is 110 cm³/mol. The Balaban J connectivity index is 1.41. The lowest BCUT2D eigenvalue weighted by Gasteiger charge is -2.30. The maximum Gasteiger partial charge on any atom is 0.435 e. The summed E-state index contributed by atoms with van der Waals surface area (Å²) < 4.78 is 81.9. The predicted octanol–water partition coefficient (Wildman–Crippen LogP) is 5.80. The maximum absolute atomic E-state index is 14.2. The van der Waals surface area contributed by atoms with E-state index in [0.29, 0.717) is 30.5 Å². The molecule has 180 valence electrons. The zero-order valence-electron chi connectivity index (χ0n) is 17.8. The van der Waals surface area contributed by atoms with Crippen molar-refractivity contribution in [2.24, 2.45) is 11.1 Å². The third kappa shape index (κ3) is 3.92. The van der Waals surface area contributed by atoms with Crippen molar-refractivity contribution in [3.8, 4) is 0 Å². The van der Waals surface area contributed by atoms with Crippen LogP contribution in [-0.4, -0.2) is 17.8 Å². The molecule has 0 spiro atoms. The molecular formula is C24H20F6N2O2. The molecule has 0 radical (unpaired) electrons. The summed E-state index contributed by atoms with van der Waals surface area (Å²) >= 11 is 0. The van der Waals surface area contributed by atoms with Gasteiger partial charge in [0.05, 0.1) is 17.3 Å². The fourth-order valence-corrected chi connectivity index (χ4v) is 4.59. The number of benzene rings is 2. The molecule has 2 aliphatic carbocycles. The minimum Gasteiger partial charge on any atom is -0.374 e. The average molecular weight is 482 g/mol. The first-order chi connectivity index (χ1) is 16.0. The highest BCUT2D eigenvalue weighted by molar-refractivity contribution is 6.02. The van der Waals surface area contributed by atoms with E-state index in [1.807, 2.05) is 0 Å². The van der Waals surface area contributed by atoms with E-state index in [1.165, 1.54) is 0 Å². The van der Waals surface area contributed by atoms with Crippen molar-refractivity contribution in [1.29, 1.82) is 0 Å². The molecule has 1 fully saturated rings. The second-order valence-electron chi connectivity index (χ2n) is 9.00. The van der Waals surface area contributed by atoms with E-state index in [4.69, 9.17) is 4.84 Å². The molecule has 0 aromatic heterocycles. The summed E-state index contributed by atoms with van der Waals surface area (Å²) in [5.41, 5.74) is -2.64. The minimum atomic E-state index is -5.00. The third-order valence-electron chi connectivity index (χ3n) is 6.66. The van der Waals surface area contributed by atoms with Crippen molar-refractivity contribution in [1.82, 2.24) is 5.32 Å². The fourth-order valence-electron chi connectivity index (χ4n) is 4.59. The first-order valence-corrected chi connectivity index (χ1v) is 10.9. The number of nitrogens with one attached hydrogen (secondary N) is 1. The van der Waals surface area contributed by atoms with E-state index in [9.17, 15) is 31.1 Å². The van der Waals surface area contributed by atoms with Crippen molar-refractivity contribution < 1.29 is 36.0 Å². The smallest absolute Gasteiger partial charge is 0.374 e. The Morgan fingerprint density at radius 1 is 1.03 bits per heavy atom. The Labute approximate surface area is 191 Å². The van der Waals surface area contributed by atoms with Crippen LogP contribution < -0.4 is 5.32 Å². The molecule has 2 unspecified atom stereocenters. The highest BCUT2D eigenvalue weighted by atomic mass is 19.4. The summed E-state index contributed by atoms with van der Waals surface area (Å²) in [6.07, 6.45) is -7.44. The van der Waals surface area contributed by atoms with Crippen molar-refractivity contribution in [3.05, 3.63) is 70.3 Å². The molecule has 1 saturated carbocycles. The number of carbonyl (C=O) groups excluding carboxylic acids is 1. The summed E-state index contributed by atoms with van der Waals surface area (Å²) in [6.45, 7) is 0. The molecule has 1 heterocycles. The molecule has 2 aromatic carbocycles. The Kier molecular flexibility index (Phi) is 5.18. The van der Waals surface area contributed by atoms with Crippen LogP contribution in [0.15, 0.2) is 47.6 Å². The van der Waals surface area contributed by atoms with Gasteiger partial charge in [0.1, 0.15) is 0 Å². The molecular weight excluding hydrogens is 462 g/mol. The molecule has 2 atom stereocenters. The molecule has 1 aliphatic heterocycles. The number of oxime groups is 1. The zero-order chi connectivity index (χ0) is 24.3. The Hall–Kier alpha value is -3.04. The molecule has 4 nitrogen and oxygen atoms in total. The quantitative estimate of drug-likeness (QED) is 0.560. The summed E-state index contributed by atoms with van der Waals surface area (Å²) in [4.78, 5) is 17.0. The summed E-state index contributed by atoms with van der Waals surface area (Å²) in [5.74, 6) is 0.0891. The number of hydrogen-bond donors (Lipinski definition) is 1. The van der Waals surface area contributed by atoms with E-state index in [-0.39, 0.29) is 23.6 Å². The number of halogens is 6. The lowest BCUT2D eigenvalue weighted by atomic mass is 9.85. The van der Waals surface area contributed by atoms with Gasteiger partial charge in [-0.05, 0) is 60.6 Å². The molecule has 34 heavy (non-hydrogen) atoms. The van der Waals surface area contributed by atoms with Gasteiger partial charge >= 0.3 is 12.4 Å². The van der Waals surface area contributed by atoms with E-state index in [0.717, 1.165) is 36.1 Å². The van der Waals surface area contributed by atoms with Gasteiger partial charge in [0.25, 0.3) is 5.60 Å². The summed E-state index contributed by atoms with van der Waals surface area (Å²) in [6, 6.07) is 8.02. The van der Waals surface area contributed by atoms with Gasteiger partial charge in [-0.25, -0.2) is 0 Å². The molecule has 0 bridgehead atoms. The van der Waals surface area contributed by atoms with Gasteiger partial charge in [0, 0.05) is 17.9 Å². The molecule has 5 rings (SSSR count). The van der Waals surface area contributed by atoms with E-state index in [2.05, 4.69) is 10.5 Å². The highest BCUT2D eigenvalue weighted by Crippen LogP contribution is 2.50. The van der Waals surface area contributed by atoms with Gasteiger partial charge < -0.3 is 10.2 Å². The van der Waals surface area contributed by atoms with E-state index in [1.54, 1.807) is 18.2 Å². The second kappa shape index (κ2) is 7.74. The lowest BCUT2D eigenvalue weighted by Crippen LogP contribution is -2.42. The summed E-state index contributed by atoms with van der Waals surface area (Å²) in [7, 11) is 0. The topological polar surface area (TPSA) is 50.7 Å². The van der Waals surface area contributed by atoms with E-state index >= 15 is 0 Å². The highest BCUT2D eigenvalue weighted by Gasteiger charge is 2.62. The zero-order valence-corrected chi connectivity index (χ0v) is 17.8. The largest absolute Gasteiger partial charge is 0.435 e. The monoisotopic (exact) mass is 482 g/mol. The van der Waals surface area contributed by atoms with Gasteiger partial charge in [-0.3, -0.25) is 4.79 Å². The minimum absolute atomic E-state index is 0.00278. The van der Waals surface area contributed by atoms with Crippen molar-refractivity contribution in [2.75, 3.05) is 0 Å². The lowest BCUT2D eigenvalue weighted by molar-refractivity contribution is -0.276. The number of aryl methyl sites for hydroxylation is 1. The molecule has 10 heteroatoms. The number of carbonyl (C=O) groups is 1. The van der Waals surface area contributed by atoms with Crippen LogP contribution in [-0.2, 0) is 27.8 Å². The fraction of sp³-hybridized carbons (Fsp3) is 0.417. The molecule has 2 aromatic rings. The normalized spacial score (nSPS) is 24.4. The first-order valence-electron chi connectivity index (χ1n) is 10.9. The Morgan fingerprint density at radius 3 is 2.47 bits per heavy atom. The van der Waals surface area contributed by atoms with Gasteiger partial charge in [0.15, 0.2) is 0 Å². The number of hydrogen-bond acceptors (Lipinski definition) is 3. The molecule has 3 aliphatic rings. The number of fused-ring (bicyclic) bond motifs is 1.